The smallest absolute Gasteiger partial charge is 0.295 e. The topological polar surface area (TPSA) is 153 Å². The number of phenols is 1. The first-order chi connectivity index (χ1) is 18.4. The molecule has 1 fully saturated rings. The summed E-state index contributed by atoms with van der Waals surface area (Å²) in [6, 6.07) is 16.4. The second-order valence-electron chi connectivity index (χ2n) is 8.60. The van der Waals surface area contributed by atoms with E-state index < -0.39 is 5.91 Å². The molecule has 0 bridgehead atoms. The Hall–Kier alpha value is -4.43. The van der Waals surface area contributed by atoms with Crippen molar-refractivity contribution in [2.24, 2.45) is 0 Å². The molecule has 4 aromatic rings. The number of phenolic OH excluding ortho intramolecular Hbond substituents is 1. The van der Waals surface area contributed by atoms with E-state index in [1.165, 1.54) is 18.3 Å². The summed E-state index contributed by atoms with van der Waals surface area (Å²) in [4.78, 5) is 29.8. The van der Waals surface area contributed by atoms with Crippen LogP contribution in [0.2, 0.25) is 5.02 Å². The van der Waals surface area contributed by atoms with Crippen molar-refractivity contribution in [3.8, 4) is 34.2 Å². The number of benzene rings is 2. The number of anilines is 2. The Kier molecular flexibility index (Phi) is 8.46. The number of halogens is 2. The van der Waals surface area contributed by atoms with Gasteiger partial charge in [0, 0.05) is 27.9 Å². The SMILES string of the molecule is Cl.N#Cc1c(-c2cccc(NC(=O)[C@H]3CCCN3)c2)cc(-c2ccc(Cl)cc2O)nc1NC(=O)c1ccno1. The van der Waals surface area contributed by atoms with Gasteiger partial charge in [0.05, 0.1) is 17.9 Å². The van der Waals surface area contributed by atoms with E-state index in [2.05, 4.69) is 32.2 Å². The van der Waals surface area contributed by atoms with Crippen LogP contribution in [0.5, 0.6) is 5.75 Å². The van der Waals surface area contributed by atoms with Crippen molar-refractivity contribution in [2.45, 2.75) is 18.9 Å². The molecule has 0 saturated carbocycles. The van der Waals surface area contributed by atoms with Crippen LogP contribution in [0.25, 0.3) is 22.4 Å². The highest BCUT2D eigenvalue weighted by atomic mass is 35.5. The second-order valence-corrected chi connectivity index (χ2v) is 9.04. The Labute approximate surface area is 234 Å². The minimum atomic E-state index is -0.653. The van der Waals surface area contributed by atoms with Crippen molar-refractivity contribution in [2.75, 3.05) is 17.2 Å². The number of rotatable bonds is 6. The molecular weight excluding hydrogens is 543 g/mol. The zero-order valence-electron chi connectivity index (χ0n) is 20.3. The fraction of sp³-hybridized carbons (Fsp3) is 0.148. The highest BCUT2D eigenvalue weighted by Crippen LogP contribution is 2.37. The fourth-order valence-electron chi connectivity index (χ4n) is 4.24. The number of hydrogen-bond acceptors (Lipinski definition) is 8. The van der Waals surface area contributed by atoms with Gasteiger partial charge < -0.3 is 25.6 Å². The standard InChI is InChI=1S/C27H21ClN6O4.ClH/c28-16-6-7-18(23(35)12-16)22-13-19(20(14-29)25(33-22)34-27(37)24-8-10-31-38-24)15-3-1-4-17(11-15)32-26(36)21-5-2-9-30-21;/h1,3-4,6-8,10-13,21,30,35H,2,5,9H2,(H,32,36)(H,33,34,37);1H/t21-;/m1./s1. The van der Waals surface area contributed by atoms with Crippen LogP contribution in [-0.2, 0) is 4.79 Å². The Balaban J connectivity index is 0.00000353. The maximum atomic E-state index is 12.7. The van der Waals surface area contributed by atoms with Gasteiger partial charge in [-0.25, -0.2) is 4.98 Å². The van der Waals surface area contributed by atoms with E-state index >= 15 is 0 Å². The van der Waals surface area contributed by atoms with Crippen LogP contribution >= 0.6 is 24.0 Å². The Morgan fingerprint density at radius 3 is 2.67 bits per heavy atom. The van der Waals surface area contributed by atoms with E-state index in [9.17, 15) is 20.0 Å². The van der Waals surface area contributed by atoms with Crippen molar-refractivity contribution >= 4 is 47.3 Å². The van der Waals surface area contributed by atoms with E-state index in [0.717, 1.165) is 19.4 Å². The molecule has 2 aromatic carbocycles. The quantitative estimate of drug-likeness (QED) is 0.255. The minimum absolute atomic E-state index is 0. The minimum Gasteiger partial charge on any atom is -0.507 e. The first-order valence-electron chi connectivity index (χ1n) is 11.7. The van der Waals surface area contributed by atoms with Gasteiger partial charge in [0.25, 0.3) is 5.91 Å². The molecule has 0 spiro atoms. The number of aromatic nitrogens is 2. The normalized spacial score (nSPS) is 14.2. The van der Waals surface area contributed by atoms with E-state index in [0.29, 0.717) is 27.4 Å². The lowest BCUT2D eigenvalue weighted by molar-refractivity contribution is -0.117. The summed E-state index contributed by atoms with van der Waals surface area (Å²) in [5, 5.41) is 33.2. The second kappa shape index (κ2) is 12.0. The van der Waals surface area contributed by atoms with Gasteiger partial charge in [-0.3, -0.25) is 9.59 Å². The van der Waals surface area contributed by atoms with Crippen molar-refractivity contribution in [1.82, 2.24) is 15.5 Å². The van der Waals surface area contributed by atoms with Gasteiger partial charge in [-0.15, -0.1) is 12.4 Å². The molecule has 4 N–H and O–H groups in total. The molecule has 3 heterocycles. The first-order valence-corrected chi connectivity index (χ1v) is 12.1. The molecule has 0 radical (unpaired) electrons. The Morgan fingerprint density at radius 1 is 1.13 bits per heavy atom. The van der Waals surface area contributed by atoms with Crippen LogP contribution in [0.1, 0.15) is 29.0 Å². The number of carbonyl (C=O) groups excluding carboxylic acids is 2. The zero-order chi connectivity index (χ0) is 26.6. The number of nitrogens with one attached hydrogen (secondary N) is 3. The van der Waals surface area contributed by atoms with Gasteiger partial charge in [0.2, 0.25) is 11.7 Å². The van der Waals surface area contributed by atoms with E-state index in [4.69, 9.17) is 16.1 Å². The predicted octanol–water partition coefficient (Wildman–Crippen LogP) is 5.00. The third kappa shape index (κ3) is 6.02. The Morgan fingerprint density at radius 2 is 1.97 bits per heavy atom. The molecule has 5 rings (SSSR count). The molecule has 1 aliphatic rings. The summed E-state index contributed by atoms with van der Waals surface area (Å²) < 4.78 is 4.93. The molecule has 12 heteroatoms. The molecule has 1 aliphatic heterocycles. The van der Waals surface area contributed by atoms with Crippen molar-refractivity contribution in [3.63, 3.8) is 0 Å². The van der Waals surface area contributed by atoms with Crippen LogP contribution in [0.4, 0.5) is 11.5 Å². The maximum absolute atomic E-state index is 12.7. The molecule has 10 nitrogen and oxygen atoms in total. The van der Waals surface area contributed by atoms with Crippen LogP contribution in [0.3, 0.4) is 0 Å². The number of pyridine rings is 1. The third-order valence-corrected chi connectivity index (χ3v) is 6.31. The van der Waals surface area contributed by atoms with E-state index in [1.54, 1.807) is 42.5 Å². The lowest BCUT2D eigenvalue weighted by atomic mass is 9.97. The van der Waals surface area contributed by atoms with Gasteiger partial charge in [-0.05, 0) is 61.3 Å². The molecule has 2 amide bonds. The third-order valence-electron chi connectivity index (χ3n) is 6.08. The highest BCUT2D eigenvalue weighted by molar-refractivity contribution is 6.30. The van der Waals surface area contributed by atoms with Crippen LogP contribution in [-0.4, -0.2) is 39.6 Å². The first kappa shape index (κ1) is 27.6. The number of aromatic hydroxyl groups is 1. The number of hydrogen-bond donors (Lipinski definition) is 4. The van der Waals surface area contributed by atoms with Gasteiger partial charge in [0.1, 0.15) is 17.4 Å². The predicted molar refractivity (Wildman–Crippen MR) is 148 cm³/mol. The molecule has 198 valence electrons. The summed E-state index contributed by atoms with van der Waals surface area (Å²) in [5.41, 5.74) is 2.26. The number of nitriles is 1. The summed E-state index contributed by atoms with van der Waals surface area (Å²) in [5.74, 6) is -1.03. The fourth-order valence-corrected chi connectivity index (χ4v) is 4.41. The van der Waals surface area contributed by atoms with Gasteiger partial charge in [0.15, 0.2) is 5.82 Å². The summed E-state index contributed by atoms with van der Waals surface area (Å²) in [6.07, 6.45) is 3.02. The van der Waals surface area contributed by atoms with Gasteiger partial charge in [-0.2, -0.15) is 5.26 Å². The number of carbonyl (C=O) groups is 2. The number of nitrogens with zero attached hydrogens (tertiary/aromatic N) is 3. The van der Waals surface area contributed by atoms with E-state index in [1.807, 2.05) is 0 Å². The molecule has 0 aliphatic carbocycles. The largest absolute Gasteiger partial charge is 0.507 e. The monoisotopic (exact) mass is 564 g/mol. The zero-order valence-corrected chi connectivity index (χ0v) is 21.8. The van der Waals surface area contributed by atoms with Crippen LogP contribution in [0.15, 0.2) is 65.3 Å². The van der Waals surface area contributed by atoms with Gasteiger partial charge in [-0.1, -0.05) is 28.9 Å². The molecule has 39 heavy (non-hydrogen) atoms. The molecule has 0 unspecified atom stereocenters. The molecule has 1 saturated heterocycles. The average molecular weight is 565 g/mol. The lowest BCUT2D eigenvalue weighted by Gasteiger charge is -2.15. The Bertz CT molecular complexity index is 1560. The van der Waals surface area contributed by atoms with Crippen molar-refractivity contribution in [1.29, 1.82) is 5.26 Å². The highest BCUT2D eigenvalue weighted by Gasteiger charge is 2.23. The molecular formula is C27H22Cl2N6O4. The van der Waals surface area contributed by atoms with E-state index in [-0.39, 0.29) is 52.9 Å². The average Bonchev–Trinajstić information content (AvgIpc) is 3.64. The summed E-state index contributed by atoms with van der Waals surface area (Å²) >= 11 is 6.01. The number of amides is 2. The van der Waals surface area contributed by atoms with Crippen molar-refractivity contribution < 1.29 is 19.2 Å². The molecule has 1 atom stereocenters. The molecule has 2 aromatic heterocycles. The lowest BCUT2D eigenvalue weighted by Crippen LogP contribution is -2.35. The van der Waals surface area contributed by atoms with Crippen LogP contribution < -0.4 is 16.0 Å². The van der Waals surface area contributed by atoms with Gasteiger partial charge >= 0.3 is 0 Å². The summed E-state index contributed by atoms with van der Waals surface area (Å²) in [7, 11) is 0. The maximum Gasteiger partial charge on any atom is 0.295 e. The van der Waals surface area contributed by atoms with Crippen molar-refractivity contribution in [3.05, 3.63) is 77.1 Å². The summed E-state index contributed by atoms with van der Waals surface area (Å²) in [6.45, 7) is 0.795. The van der Waals surface area contributed by atoms with Crippen LogP contribution in [0, 0.1) is 11.3 Å².